The first-order chi connectivity index (χ1) is 16.8. The van der Waals surface area contributed by atoms with Crippen molar-refractivity contribution in [3.63, 3.8) is 0 Å². The van der Waals surface area contributed by atoms with Gasteiger partial charge in [-0.25, -0.2) is 4.98 Å². The van der Waals surface area contributed by atoms with Gasteiger partial charge in [-0.1, -0.05) is 67.5 Å². The summed E-state index contributed by atoms with van der Waals surface area (Å²) in [6, 6.07) is 22.6. The fourth-order valence-corrected chi connectivity index (χ4v) is 5.08. The number of para-hydroxylation sites is 1. The van der Waals surface area contributed by atoms with E-state index < -0.39 is 5.25 Å². The summed E-state index contributed by atoms with van der Waals surface area (Å²) < 4.78 is 1.58. The Morgan fingerprint density at radius 3 is 2.40 bits per heavy atom. The number of thioether (sulfide) groups is 1. The summed E-state index contributed by atoms with van der Waals surface area (Å²) in [6.45, 7) is 6.17. The first-order valence-corrected chi connectivity index (χ1v) is 12.9. The molecule has 35 heavy (non-hydrogen) atoms. The van der Waals surface area contributed by atoms with Crippen LogP contribution in [0.25, 0.3) is 16.6 Å². The highest BCUT2D eigenvalue weighted by Gasteiger charge is 2.23. The quantitative estimate of drug-likeness (QED) is 0.207. The van der Waals surface area contributed by atoms with E-state index in [0.717, 1.165) is 12.1 Å². The third-order valence-electron chi connectivity index (χ3n) is 6.24. The van der Waals surface area contributed by atoms with Gasteiger partial charge in [0.05, 0.1) is 21.8 Å². The molecule has 3 aromatic carbocycles. The fraction of sp³-hybridized carbons (Fsp3) is 0.250. The number of anilines is 1. The second-order valence-corrected chi connectivity index (χ2v) is 10.3. The molecule has 0 spiro atoms. The molecular weight excluding hydrogens is 478 g/mol. The number of halogens is 1. The van der Waals surface area contributed by atoms with Gasteiger partial charge in [0.15, 0.2) is 5.16 Å². The zero-order chi connectivity index (χ0) is 25.1. The van der Waals surface area contributed by atoms with Crippen LogP contribution in [0.15, 0.2) is 82.7 Å². The van der Waals surface area contributed by atoms with E-state index in [4.69, 9.17) is 16.6 Å². The first-order valence-electron chi connectivity index (χ1n) is 11.6. The van der Waals surface area contributed by atoms with Gasteiger partial charge >= 0.3 is 0 Å². The van der Waals surface area contributed by atoms with Crippen LogP contribution in [0, 0.1) is 0 Å². The van der Waals surface area contributed by atoms with E-state index in [-0.39, 0.29) is 11.5 Å². The Morgan fingerprint density at radius 1 is 1.06 bits per heavy atom. The van der Waals surface area contributed by atoms with Crippen molar-refractivity contribution in [2.24, 2.45) is 0 Å². The average Bonchev–Trinajstić information content (AvgIpc) is 2.88. The summed E-state index contributed by atoms with van der Waals surface area (Å²) in [6.07, 6.45) is 1.03. The van der Waals surface area contributed by atoms with Crippen LogP contribution in [-0.2, 0) is 4.79 Å². The summed E-state index contributed by atoms with van der Waals surface area (Å²) in [5, 5.41) is 0.905. The highest BCUT2D eigenvalue weighted by molar-refractivity contribution is 8.00. The standard InChI is InChI=1S/C28H28ClN3O2S/c1-5-18(2)20-11-14-23(15-12-20)32-27(34)24-17-21(29)13-16-25(24)30-28(32)35-19(3)26(33)31(4)22-9-7-6-8-10-22/h6-19H,5H2,1-4H3/t18-,19+/m1/s1. The van der Waals surface area contributed by atoms with E-state index in [0.29, 0.717) is 32.7 Å². The van der Waals surface area contributed by atoms with Crippen LogP contribution in [0.1, 0.15) is 38.7 Å². The molecular formula is C28H28ClN3O2S. The highest BCUT2D eigenvalue weighted by Crippen LogP contribution is 2.29. The number of carbonyl (C=O) groups is 1. The van der Waals surface area contributed by atoms with Crippen molar-refractivity contribution in [2.45, 2.75) is 43.5 Å². The van der Waals surface area contributed by atoms with Crippen molar-refractivity contribution >= 4 is 45.9 Å². The van der Waals surface area contributed by atoms with Crippen molar-refractivity contribution < 1.29 is 4.79 Å². The van der Waals surface area contributed by atoms with Crippen molar-refractivity contribution in [1.82, 2.24) is 9.55 Å². The van der Waals surface area contributed by atoms with Gasteiger partial charge in [0.25, 0.3) is 5.56 Å². The normalized spacial score (nSPS) is 12.9. The Hall–Kier alpha value is -3.09. The van der Waals surface area contributed by atoms with Gasteiger partial charge < -0.3 is 4.90 Å². The molecule has 180 valence electrons. The predicted octanol–water partition coefficient (Wildman–Crippen LogP) is 6.70. The maximum Gasteiger partial charge on any atom is 0.266 e. The Balaban J connectivity index is 1.77. The third-order valence-corrected chi connectivity index (χ3v) is 7.51. The van der Waals surface area contributed by atoms with E-state index in [9.17, 15) is 9.59 Å². The molecule has 7 heteroatoms. The van der Waals surface area contributed by atoms with E-state index in [1.165, 1.54) is 17.3 Å². The summed E-state index contributed by atoms with van der Waals surface area (Å²) in [5.41, 5.74) is 3.06. The van der Waals surface area contributed by atoms with Crippen molar-refractivity contribution in [3.05, 3.63) is 93.7 Å². The smallest absolute Gasteiger partial charge is 0.266 e. The Bertz CT molecular complexity index is 1400. The van der Waals surface area contributed by atoms with E-state index >= 15 is 0 Å². The topological polar surface area (TPSA) is 55.2 Å². The molecule has 0 aliphatic rings. The molecule has 0 fully saturated rings. The molecule has 4 rings (SSSR count). The van der Waals surface area contributed by atoms with Gasteiger partial charge in [-0.15, -0.1) is 0 Å². The molecule has 1 amide bonds. The van der Waals surface area contributed by atoms with Crippen LogP contribution in [0.3, 0.4) is 0 Å². The largest absolute Gasteiger partial charge is 0.315 e. The molecule has 0 N–H and O–H groups in total. The zero-order valence-corrected chi connectivity index (χ0v) is 21.8. The number of nitrogens with zero attached hydrogens (tertiary/aromatic N) is 3. The SMILES string of the molecule is CC[C@@H](C)c1ccc(-n2c(S[C@@H](C)C(=O)N(C)c3ccccc3)nc3ccc(Cl)cc3c2=O)cc1. The number of hydrogen-bond acceptors (Lipinski definition) is 4. The van der Waals surface area contributed by atoms with Crippen molar-refractivity contribution in [1.29, 1.82) is 0 Å². The number of aromatic nitrogens is 2. The van der Waals surface area contributed by atoms with Gasteiger partial charge in [0, 0.05) is 17.8 Å². The molecule has 0 saturated heterocycles. The molecule has 0 saturated carbocycles. The van der Waals surface area contributed by atoms with Crippen LogP contribution in [-0.4, -0.2) is 27.8 Å². The Kier molecular flexibility index (Phi) is 7.63. The van der Waals surface area contributed by atoms with Crippen LogP contribution < -0.4 is 10.5 Å². The lowest BCUT2D eigenvalue weighted by Gasteiger charge is -2.22. The minimum atomic E-state index is -0.470. The first kappa shape index (κ1) is 25.0. The molecule has 0 unspecified atom stereocenters. The van der Waals surface area contributed by atoms with Crippen LogP contribution >= 0.6 is 23.4 Å². The van der Waals surface area contributed by atoms with Gasteiger partial charge in [-0.2, -0.15) is 0 Å². The lowest BCUT2D eigenvalue weighted by atomic mass is 9.98. The minimum absolute atomic E-state index is 0.0784. The Labute approximate surface area is 214 Å². The van der Waals surface area contributed by atoms with Crippen molar-refractivity contribution in [2.75, 3.05) is 11.9 Å². The van der Waals surface area contributed by atoms with E-state index in [1.807, 2.05) is 61.5 Å². The molecule has 2 atom stereocenters. The number of hydrogen-bond donors (Lipinski definition) is 0. The van der Waals surface area contributed by atoms with E-state index in [2.05, 4.69) is 13.8 Å². The lowest BCUT2D eigenvalue weighted by Crippen LogP contribution is -2.33. The van der Waals surface area contributed by atoms with Gasteiger partial charge in [-0.3, -0.25) is 14.2 Å². The maximum atomic E-state index is 13.6. The summed E-state index contributed by atoms with van der Waals surface area (Å²) in [7, 11) is 1.76. The highest BCUT2D eigenvalue weighted by atomic mass is 35.5. The van der Waals surface area contributed by atoms with Gasteiger partial charge in [0.1, 0.15) is 0 Å². The molecule has 0 radical (unpaired) electrons. The molecule has 1 heterocycles. The summed E-state index contributed by atoms with van der Waals surface area (Å²) in [4.78, 5) is 33.3. The minimum Gasteiger partial charge on any atom is -0.315 e. The molecule has 0 bridgehead atoms. The number of fused-ring (bicyclic) bond motifs is 1. The van der Waals surface area contributed by atoms with Gasteiger partial charge in [-0.05, 0) is 67.3 Å². The van der Waals surface area contributed by atoms with Crippen molar-refractivity contribution in [3.8, 4) is 5.69 Å². The monoisotopic (exact) mass is 505 g/mol. The van der Waals surface area contributed by atoms with E-state index in [1.54, 1.807) is 34.7 Å². The number of amides is 1. The second kappa shape index (κ2) is 10.7. The molecule has 5 nitrogen and oxygen atoms in total. The molecule has 1 aromatic heterocycles. The fourth-order valence-electron chi connectivity index (χ4n) is 3.89. The Morgan fingerprint density at radius 2 is 1.74 bits per heavy atom. The third kappa shape index (κ3) is 5.29. The second-order valence-electron chi connectivity index (χ2n) is 8.59. The predicted molar refractivity (Wildman–Crippen MR) is 146 cm³/mol. The zero-order valence-electron chi connectivity index (χ0n) is 20.2. The lowest BCUT2D eigenvalue weighted by molar-refractivity contribution is -0.117. The number of benzene rings is 3. The van der Waals surface area contributed by atoms with Crippen LogP contribution in [0.5, 0.6) is 0 Å². The molecule has 0 aliphatic carbocycles. The molecule has 0 aliphatic heterocycles. The average molecular weight is 506 g/mol. The molecule has 4 aromatic rings. The van der Waals surface area contributed by atoms with Crippen LogP contribution in [0.4, 0.5) is 5.69 Å². The van der Waals surface area contributed by atoms with Gasteiger partial charge in [0.2, 0.25) is 5.91 Å². The number of rotatable bonds is 7. The summed E-state index contributed by atoms with van der Waals surface area (Å²) in [5.74, 6) is 0.347. The van der Waals surface area contributed by atoms with Crippen LogP contribution in [0.2, 0.25) is 5.02 Å². The maximum absolute atomic E-state index is 13.6. The summed E-state index contributed by atoms with van der Waals surface area (Å²) >= 11 is 7.46. The number of carbonyl (C=O) groups excluding carboxylic acids is 1.